The van der Waals surface area contributed by atoms with Gasteiger partial charge >= 0.3 is 6.09 Å². The second-order valence-electron chi connectivity index (χ2n) is 7.83. The van der Waals surface area contributed by atoms with Gasteiger partial charge in [0, 0.05) is 37.5 Å². The van der Waals surface area contributed by atoms with Crippen LogP contribution in [0.5, 0.6) is 0 Å². The van der Waals surface area contributed by atoms with Gasteiger partial charge in [-0.3, -0.25) is 4.79 Å². The average molecular weight is 444 g/mol. The highest BCUT2D eigenvalue weighted by molar-refractivity contribution is 6.42. The fourth-order valence-corrected chi connectivity index (χ4v) is 3.23. The van der Waals surface area contributed by atoms with Crippen molar-refractivity contribution in [2.75, 3.05) is 20.2 Å². The number of hydrogen-bond acceptors (Lipinski definition) is 5. The zero-order chi connectivity index (χ0) is 21.6. The SMILES string of the molecule is CO/N=C(\CCC(=O)NC1CCN(C(=O)OC(C)(C)C)C1)c1ccc(Cl)c(Cl)c1. The van der Waals surface area contributed by atoms with Crippen molar-refractivity contribution >= 4 is 40.9 Å². The number of nitrogens with one attached hydrogen (secondary N) is 1. The number of ether oxygens (including phenoxy) is 1. The zero-order valence-electron chi connectivity index (χ0n) is 17.1. The van der Waals surface area contributed by atoms with E-state index >= 15 is 0 Å². The molecule has 0 aliphatic carbocycles. The Labute approximate surface area is 181 Å². The van der Waals surface area contributed by atoms with Gasteiger partial charge in [0.1, 0.15) is 12.7 Å². The number of benzene rings is 1. The molecule has 2 amide bonds. The zero-order valence-corrected chi connectivity index (χ0v) is 18.6. The van der Waals surface area contributed by atoms with E-state index in [1.807, 2.05) is 20.8 Å². The van der Waals surface area contributed by atoms with Gasteiger partial charge in [-0.1, -0.05) is 34.4 Å². The number of carbonyl (C=O) groups is 2. The molecule has 0 spiro atoms. The first-order chi connectivity index (χ1) is 13.6. The Morgan fingerprint density at radius 1 is 1.24 bits per heavy atom. The molecule has 1 aliphatic rings. The first-order valence-electron chi connectivity index (χ1n) is 9.42. The third-order valence-electron chi connectivity index (χ3n) is 4.25. The highest BCUT2D eigenvalue weighted by Gasteiger charge is 2.30. The van der Waals surface area contributed by atoms with E-state index in [9.17, 15) is 9.59 Å². The van der Waals surface area contributed by atoms with Gasteiger partial charge in [0.25, 0.3) is 0 Å². The summed E-state index contributed by atoms with van der Waals surface area (Å²) in [5.74, 6) is -0.120. The van der Waals surface area contributed by atoms with Crippen molar-refractivity contribution in [3.63, 3.8) is 0 Å². The van der Waals surface area contributed by atoms with Gasteiger partial charge in [-0.25, -0.2) is 4.79 Å². The van der Waals surface area contributed by atoms with Crippen molar-refractivity contribution in [1.29, 1.82) is 0 Å². The Hall–Kier alpha value is -1.99. The van der Waals surface area contributed by atoms with Crippen LogP contribution in [0, 0.1) is 0 Å². The number of amides is 2. The molecule has 2 rings (SSSR count). The van der Waals surface area contributed by atoms with Crippen molar-refractivity contribution in [2.24, 2.45) is 5.16 Å². The van der Waals surface area contributed by atoms with Crippen molar-refractivity contribution in [2.45, 2.75) is 51.7 Å². The van der Waals surface area contributed by atoms with Crippen LogP contribution in [0.1, 0.15) is 45.6 Å². The van der Waals surface area contributed by atoms with Crippen molar-refractivity contribution in [3.05, 3.63) is 33.8 Å². The summed E-state index contributed by atoms with van der Waals surface area (Å²) in [6, 6.07) is 5.05. The van der Waals surface area contributed by atoms with E-state index in [0.29, 0.717) is 41.7 Å². The third-order valence-corrected chi connectivity index (χ3v) is 4.99. The highest BCUT2D eigenvalue weighted by atomic mass is 35.5. The molecule has 160 valence electrons. The summed E-state index contributed by atoms with van der Waals surface area (Å²) in [6.07, 6.45) is 0.936. The second-order valence-corrected chi connectivity index (χ2v) is 8.64. The molecule has 29 heavy (non-hydrogen) atoms. The van der Waals surface area contributed by atoms with E-state index in [1.165, 1.54) is 7.11 Å². The molecule has 0 bridgehead atoms. The van der Waals surface area contributed by atoms with Crippen molar-refractivity contribution < 1.29 is 19.2 Å². The number of likely N-dealkylation sites (tertiary alicyclic amines) is 1. The summed E-state index contributed by atoms with van der Waals surface area (Å²) in [6.45, 7) is 6.47. The maximum absolute atomic E-state index is 12.4. The van der Waals surface area contributed by atoms with E-state index in [0.717, 1.165) is 5.56 Å². The average Bonchev–Trinajstić information content (AvgIpc) is 3.08. The topological polar surface area (TPSA) is 80.2 Å². The molecule has 1 saturated heterocycles. The van der Waals surface area contributed by atoms with Crippen molar-refractivity contribution in [1.82, 2.24) is 10.2 Å². The maximum Gasteiger partial charge on any atom is 0.410 e. The van der Waals surface area contributed by atoms with Crippen LogP contribution in [0.2, 0.25) is 10.0 Å². The van der Waals surface area contributed by atoms with Gasteiger partial charge in [-0.05, 0) is 39.3 Å². The molecule has 9 heteroatoms. The van der Waals surface area contributed by atoms with Gasteiger partial charge in [0.05, 0.1) is 15.8 Å². The molecule has 1 N–H and O–H groups in total. The summed E-state index contributed by atoms with van der Waals surface area (Å²) >= 11 is 12.0. The summed E-state index contributed by atoms with van der Waals surface area (Å²) in [5.41, 5.74) is 0.800. The van der Waals surface area contributed by atoms with Crippen LogP contribution in [0.4, 0.5) is 4.79 Å². The van der Waals surface area contributed by atoms with Crippen LogP contribution in [0.3, 0.4) is 0 Å². The normalized spacial score (nSPS) is 17.2. The van der Waals surface area contributed by atoms with Gasteiger partial charge in [-0.15, -0.1) is 0 Å². The third kappa shape index (κ3) is 7.40. The fourth-order valence-electron chi connectivity index (χ4n) is 2.93. The predicted molar refractivity (Wildman–Crippen MR) is 114 cm³/mol. The maximum atomic E-state index is 12.4. The number of halogens is 2. The van der Waals surface area contributed by atoms with E-state index in [-0.39, 0.29) is 24.5 Å². The van der Waals surface area contributed by atoms with Crippen LogP contribution < -0.4 is 5.32 Å². The van der Waals surface area contributed by atoms with Gasteiger partial charge in [0.15, 0.2) is 0 Å². The quantitative estimate of drug-likeness (QED) is 0.526. The second kappa shape index (κ2) is 10.2. The first kappa shape index (κ1) is 23.3. The van der Waals surface area contributed by atoms with E-state index in [2.05, 4.69) is 10.5 Å². The molecule has 1 aromatic rings. The molecule has 1 unspecified atom stereocenters. The first-order valence-corrected chi connectivity index (χ1v) is 10.2. The lowest BCUT2D eigenvalue weighted by Crippen LogP contribution is -2.40. The molecular formula is C20H27Cl2N3O4. The number of nitrogens with zero attached hydrogens (tertiary/aromatic N) is 2. The molecular weight excluding hydrogens is 417 g/mol. The highest BCUT2D eigenvalue weighted by Crippen LogP contribution is 2.24. The van der Waals surface area contributed by atoms with Gasteiger partial charge in [0.2, 0.25) is 5.91 Å². The number of rotatable bonds is 6. The standard InChI is InChI=1S/C20H27Cl2N3O4/c1-20(2,3)29-19(27)25-10-9-14(12-25)23-18(26)8-7-17(24-28-4)13-5-6-15(21)16(22)11-13/h5-6,11,14H,7-10,12H2,1-4H3,(H,23,26)/b24-17+. The predicted octanol–water partition coefficient (Wildman–Crippen LogP) is 4.25. The molecule has 7 nitrogen and oxygen atoms in total. The summed E-state index contributed by atoms with van der Waals surface area (Å²) < 4.78 is 5.37. The molecule has 1 aromatic carbocycles. The molecule has 1 fully saturated rings. The van der Waals surface area contributed by atoms with Crippen LogP contribution in [-0.4, -0.2) is 54.5 Å². The minimum Gasteiger partial charge on any atom is -0.444 e. The largest absolute Gasteiger partial charge is 0.444 e. The Kier molecular flexibility index (Phi) is 8.16. The smallest absolute Gasteiger partial charge is 0.410 e. The Morgan fingerprint density at radius 2 is 1.97 bits per heavy atom. The van der Waals surface area contributed by atoms with E-state index in [1.54, 1.807) is 23.1 Å². The lowest BCUT2D eigenvalue weighted by atomic mass is 10.1. The molecule has 1 aliphatic heterocycles. The van der Waals surface area contributed by atoms with Crippen LogP contribution in [-0.2, 0) is 14.4 Å². The molecule has 1 heterocycles. The minimum absolute atomic E-state index is 0.0946. The molecule has 1 atom stereocenters. The monoisotopic (exact) mass is 443 g/mol. The van der Waals surface area contributed by atoms with Crippen LogP contribution >= 0.6 is 23.2 Å². The Bertz CT molecular complexity index is 777. The number of hydrogen-bond donors (Lipinski definition) is 1. The summed E-state index contributed by atoms with van der Waals surface area (Å²) in [4.78, 5) is 31.0. The van der Waals surface area contributed by atoms with Crippen LogP contribution in [0.25, 0.3) is 0 Å². The summed E-state index contributed by atoms with van der Waals surface area (Å²) in [7, 11) is 1.45. The van der Waals surface area contributed by atoms with Gasteiger partial charge < -0.3 is 19.8 Å². The lowest BCUT2D eigenvalue weighted by molar-refractivity contribution is -0.121. The summed E-state index contributed by atoms with van der Waals surface area (Å²) in [5, 5.41) is 7.82. The van der Waals surface area contributed by atoms with Gasteiger partial charge in [-0.2, -0.15) is 0 Å². The Balaban J connectivity index is 1.86. The Morgan fingerprint density at radius 3 is 2.59 bits per heavy atom. The van der Waals surface area contributed by atoms with E-state index < -0.39 is 5.60 Å². The number of carbonyl (C=O) groups excluding carboxylic acids is 2. The molecule has 0 saturated carbocycles. The number of oxime groups is 1. The fraction of sp³-hybridized carbons (Fsp3) is 0.550. The van der Waals surface area contributed by atoms with E-state index in [4.69, 9.17) is 32.8 Å². The minimum atomic E-state index is -0.542. The lowest BCUT2D eigenvalue weighted by Gasteiger charge is -2.24. The molecule has 0 radical (unpaired) electrons. The molecule has 0 aromatic heterocycles. The van der Waals surface area contributed by atoms with Crippen LogP contribution in [0.15, 0.2) is 23.4 Å². The van der Waals surface area contributed by atoms with Crippen molar-refractivity contribution in [3.8, 4) is 0 Å².